The average molecular weight is 400 g/mol. The molecule has 0 saturated heterocycles. The van der Waals surface area contributed by atoms with Crippen molar-refractivity contribution in [1.82, 2.24) is 14.5 Å². The number of thiophene rings is 1. The summed E-state index contributed by atoms with van der Waals surface area (Å²) in [5, 5.41) is 7.95. The summed E-state index contributed by atoms with van der Waals surface area (Å²) < 4.78 is 29.0. The third-order valence-corrected chi connectivity index (χ3v) is 6.44. The quantitative estimate of drug-likeness (QED) is 0.621. The van der Waals surface area contributed by atoms with Gasteiger partial charge in [0, 0.05) is 23.6 Å². The Labute approximate surface area is 163 Å². The monoisotopic (exact) mass is 399 g/mol. The lowest BCUT2D eigenvalue weighted by molar-refractivity contribution is 0.557. The molecule has 2 aromatic heterocycles. The first-order valence-electron chi connectivity index (χ1n) is 8.95. The number of sulfonamides is 1. The van der Waals surface area contributed by atoms with Crippen LogP contribution in [0.15, 0.2) is 59.3 Å². The number of hydrogen-bond donors (Lipinski definition) is 1. The Bertz CT molecular complexity index is 1020. The van der Waals surface area contributed by atoms with Gasteiger partial charge in [-0.3, -0.25) is 4.68 Å². The van der Waals surface area contributed by atoms with Crippen molar-refractivity contribution in [3.8, 4) is 10.6 Å². The van der Waals surface area contributed by atoms with Crippen molar-refractivity contribution in [2.24, 2.45) is 0 Å². The van der Waals surface area contributed by atoms with Gasteiger partial charge in [-0.05, 0) is 42.0 Å². The molecular formula is C20H21N3O2S2. The van der Waals surface area contributed by atoms with Crippen molar-refractivity contribution in [3.05, 3.63) is 70.6 Å². The maximum Gasteiger partial charge on any atom is 0.233 e. The molecule has 5 nitrogen and oxygen atoms in total. The van der Waals surface area contributed by atoms with Gasteiger partial charge in [-0.2, -0.15) is 5.10 Å². The fourth-order valence-corrected chi connectivity index (χ4v) is 4.43. The normalized spacial score (nSPS) is 14.8. The first-order chi connectivity index (χ1) is 13.1. The van der Waals surface area contributed by atoms with Crippen molar-refractivity contribution in [2.45, 2.75) is 25.3 Å². The van der Waals surface area contributed by atoms with Crippen LogP contribution in [0.4, 0.5) is 0 Å². The topological polar surface area (TPSA) is 64.0 Å². The number of rotatable bonds is 8. The zero-order chi connectivity index (χ0) is 18.7. The molecule has 1 aromatic carbocycles. The minimum absolute atomic E-state index is 0.312. The first-order valence-corrected chi connectivity index (χ1v) is 11.4. The number of hydrogen-bond acceptors (Lipinski definition) is 4. The second-order valence-corrected chi connectivity index (χ2v) is 9.18. The van der Waals surface area contributed by atoms with E-state index in [9.17, 15) is 8.42 Å². The number of nitrogens with one attached hydrogen (secondary N) is 1. The van der Waals surface area contributed by atoms with Crippen molar-refractivity contribution < 1.29 is 8.42 Å². The zero-order valence-corrected chi connectivity index (χ0v) is 16.4. The van der Waals surface area contributed by atoms with E-state index in [1.807, 2.05) is 46.5 Å². The lowest BCUT2D eigenvalue weighted by Crippen LogP contribution is -2.26. The Balaban J connectivity index is 1.40. The molecule has 27 heavy (non-hydrogen) atoms. The van der Waals surface area contributed by atoms with Crippen LogP contribution in [0, 0.1) is 0 Å². The van der Waals surface area contributed by atoms with Gasteiger partial charge < -0.3 is 0 Å². The van der Waals surface area contributed by atoms with E-state index in [-0.39, 0.29) is 0 Å². The third-order valence-electron chi connectivity index (χ3n) is 4.45. The molecule has 0 atom stereocenters. The molecule has 0 bridgehead atoms. The molecular weight excluding hydrogens is 378 g/mol. The van der Waals surface area contributed by atoms with Crippen LogP contribution in [-0.4, -0.2) is 24.7 Å². The van der Waals surface area contributed by atoms with Crippen LogP contribution >= 0.6 is 11.3 Å². The summed E-state index contributed by atoms with van der Waals surface area (Å²) in [6.07, 6.45) is 3.96. The van der Waals surface area contributed by atoms with Gasteiger partial charge in [0.2, 0.25) is 10.0 Å². The predicted octanol–water partition coefficient (Wildman–Crippen LogP) is 4.08. The summed E-state index contributed by atoms with van der Waals surface area (Å²) in [5.74, 6) is 0.556. The van der Waals surface area contributed by atoms with Gasteiger partial charge >= 0.3 is 0 Å². The molecule has 1 aliphatic carbocycles. The number of benzene rings is 1. The maximum atomic E-state index is 12.2. The Kier molecular flexibility index (Phi) is 5.24. The van der Waals surface area contributed by atoms with Gasteiger partial charge in [0.15, 0.2) is 0 Å². The molecule has 1 aliphatic rings. The van der Waals surface area contributed by atoms with Crippen LogP contribution in [0.5, 0.6) is 0 Å². The van der Waals surface area contributed by atoms with E-state index in [0.717, 1.165) is 16.1 Å². The highest BCUT2D eigenvalue weighted by molar-refractivity contribution is 7.92. The van der Waals surface area contributed by atoms with E-state index in [1.54, 1.807) is 17.4 Å². The van der Waals surface area contributed by atoms with Crippen molar-refractivity contribution in [3.63, 3.8) is 0 Å². The molecule has 4 rings (SSSR count). The molecule has 2 heterocycles. The maximum absolute atomic E-state index is 12.2. The fourth-order valence-electron chi connectivity index (χ4n) is 2.94. The lowest BCUT2D eigenvalue weighted by Gasteiger charge is -2.07. The Morgan fingerprint density at radius 1 is 1.19 bits per heavy atom. The van der Waals surface area contributed by atoms with Gasteiger partial charge in [0.05, 0.1) is 11.4 Å². The second-order valence-electron chi connectivity index (χ2n) is 6.58. The molecule has 1 saturated carbocycles. The Hall–Kier alpha value is -2.22. The highest BCUT2D eigenvalue weighted by Crippen LogP contribution is 2.41. The Morgan fingerprint density at radius 3 is 2.70 bits per heavy atom. The number of aromatic nitrogens is 2. The van der Waals surface area contributed by atoms with Gasteiger partial charge in [0.1, 0.15) is 5.69 Å². The smallest absolute Gasteiger partial charge is 0.233 e. The standard InChI is InChI=1S/C20H21N3O2S2/c24-27(25,14-10-16-5-2-1-3-6-16)21-11-12-23-19(17-8-9-17)15-18(22-23)20-7-4-13-26-20/h1-7,10,13-15,17,21H,8-9,11-12H2. The van der Waals surface area contributed by atoms with Crippen LogP contribution in [0.25, 0.3) is 16.6 Å². The largest absolute Gasteiger partial charge is 0.267 e. The molecule has 3 aromatic rings. The molecule has 0 amide bonds. The molecule has 1 N–H and O–H groups in total. The van der Waals surface area contributed by atoms with E-state index < -0.39 is 10.0 Å². The van der Waals surface area contributed by atoms with Crippen LogP contribution in [-0.2, 0) is 16.6 Å². The van der Waals surface area contributed by atoms with Crippen molar-refractivity contribution >= 4 is 27.4 Å². The van der Waals surface area contributed by atoms with Gasteiger partial charge in [0.25, 0.3) is 0 Å². The number of nitrogens with zero attached hydrogens (tertiary/aromatic N) is 2. The van der Waals surface area contributed by atoms with Crippen LogP contribution in [0.2, 0.25) is 0 Å². The van der Waals surface area contributed by atoms with Gasteiger partial charge in [-0.1, -0.05) is 36.4 Å². The Morgan fingerprint density at radius 2 is 2.00 bits per heavy atom. The summed E-state index contributed by atoms with van der Waals surface area (Å²) in [7, 11) is -3.47. The fraction of sp³-hybridized carbons (Fsp3) is 0.250. The van der Waals surface area contributed by atoms with Crippen molar-refractivity contribution in [2.75, 3.05) is 6.54 Å². The van der Waals surface area contributed by atoms with E-state index in [0.29, 0.717) is 19.0 Å². The lowest BCUT2D eigenvalue weighted by atomic mass is 10.2. The summed E-state index contributed by atoms with van der Waals surface area (Å²) in [4.78, 5) is 1.14. The molecule has 0 unspecified atom stereocenters. The summed E-state index contributed by atoms with van der Waals surface area (Å²) in [6.45, 7) is 0.836. The highest BCUT2D eigenvalue weighted by atomic mass is 32.2. The van der Waals surface area contributed by atoms with Crippen LogP contribution < -0.4 is 4.72 Å². The van der Waals surface area contributed by atoms with E-state index in [1.165, 1.54) is 23.9 Å². The van der Waals surface area contributed by atoms with Crippen LogP contribution in [0.1, 0.15) is 30.0 Å². The molecule has 7 heteroatoms. The van der Waals surface area contributed by atoms with Crippen LogP contribution in [0.3, 0.4) is 0 Å². The summed E-state index contributed by atoms with van der Waals surface area (Å²) in [6, 6.07) is 15.6. The minimum atomic E-state index is -3.47. The van der Waals surface area contributed by atoms with Gasteiger partial charge in [-0.15, -0.1) is 11.3 Å². The average Bonchev–Trinajstić information content (AvgIpc) is 3.19. The molecule has 0 spiro atoms. The summed E-state index contributed by atoms with van der Waals surface area (Å²) >= 11 is 1.67. The first kappa shape index (κ1) is 18.2. The van der Waals surface area contributed by atoms with E-state index >= 15 is 0 Å². The second kappa shape index (κ2) is 7.80. The zero-order valence-electron chi connectivity index (χ0n) is 14.8. The molecule has 1 fully saturated rings. The van der Waals surface area contributed by atoms with Crippen molar-refractivity contribution in [1.29, 1.82) is 0 Å². The highest BCUT2D eigenvalue weighted by Gasteiger charge is 2.28. The molecule has 0 aliphatic heterocycles. The predicted molar refractivity (Wildman–Crippen MR) is 110 cm³/mol. The third kappa shape index (κ3) is 4.74. The van der Waals surface area contributed by atoms with E-state index in [4.69, 9.17) is 5.10 Å². The van der Waals surface area contributed by atoms with E-state index in [2.05, 4.69) is 16.9 Å². The molecule has 140 valence electrons. The minimum Gasteiger partial charge on any atom is -0.267 e. The van der Waals surface area contributed by atoms with Gasteiger partial charge in [-0.25, -0.2) is 13.1 Å². The molecule has 0 radical (unpaired) electrons. The SMILES string of the molecule is O=S(=O)(C=Cc1ccccc1)NCCn1nc(-c2cccs2)cc1C1CC1. The summed E-state index contributed by atoms with van der Waals surface area (Å²) in [5.41, 5.74) is 3.03.